The van der Waals surface area contributed by atoms with Crippen LogP contribution in [0.25, 0.3) is 6.08 Å². The molecular formula is C16H25N. The molecule has 0 aliphatic heterocycles. The molecule has 94 valence electrons. The first-order chi connectivity index (χ1) is 8.15. The van der Waals surface area contributed by atoms with Gasteiger partial charge in [-0.05, 0) is 36.5 Å². The third kappa shape index (κ3) is 4.64. The Kier molecular flexibility index (Phi) is 5.82. The Morgan fingerprint density at radius 2 is 2.00 bits per heavy atom. The molecule has 0 bridgehead atoms. The minimum atomic E-state index is 0.487. The van der Waals surface area contributed by atoms with Crippen molar-refractivity contribution in [3.05, 3.63) is 41.1 Å². The van der Waals surface area contributed by atoms with E-state index in [1.165, 1.54) is 36.8 Å². The topological polar surface area (TPSA) is 26.0 Å². The fraction of sp³-hybridized carbons (Fsp3) is 0.500. The second kappa shape index (κ2) is 7.16. The third-order valence-electron chi connectivity index (χ3n) is 3.32. The second-order valence-electron chi connectivity index (χ2n) is 4.90. The maximum atomic E-state index is 6.16. The molecule has 1 unspecified atom stereocenters. The van der Waals surface area contributed by atoms with Gasteiger partial charge in [-0.2, -0.15) is 0 Å². The molecule has 0 saturated carbocycles. The fourth-order valence-corrected chi connectivity index (χ4v) is 1.94. The van der Waals surface area contributed by atoms with Gasteiger partial charge in [-0.3, -0.25) is 0 Å². The van der Waals surface area contributed by atoms with Crippen LogP contribution in [0.4, 0.5) is 0 Å². The molecule has 0 aliphatic rings. The van der Waals surface area contributed by atoms with Crippen molar-refractivity contribution in [2.45, 2.75) is 46.5 Å². The lowest BCUT2D eigenvalue weighted by atomic mass is 9.97. The van der Waals surface area contributed by atoms with Gasteiger partial charge in [0.15, 0.2) is 0 Å². The normalized spacial score (nSPS) is 13.7. The van der Waals surface area contributed by atoms with E-state index < -0.39 is 0 Å². The van der Waals surface area contributed by atoms with Crippen molar-refractivity contribution in [2.75, 3.05) is 0 Å². The summed E-state index contributed by atoms with van der Waals surface area (Å²) in [7, 11) is 0. The first kappa shape index (κ1) is 13.8. The lowest BCUT2D eigenvalue weighted by Crippen LogP contribution is -2.08. The number of unbranched alkanes of at least 4 members (excludes halogenated alkanes) is 2. The molecule has 1 rings (SSSR count). The number of hydrogen-bond donors (Lipinski definition) is 1. The molecule has 0 radical (unpaired) electrons. The van der Waals surface area contributed by atoms with Crippen molar-refractivity contribution in [3.63, 3.8) is 0 Å². The monoisotopic (exact) mass is 231 g/mol. The Morgan fingerprint density at radius 3 is 2.65 bits per heavy atom. The fourth-order valence-electron chi connectivity index (χ4n) is 1.94. The number of rotatable bonds is 6. The molecule has 1 nitrogen and oxygen atoms in total. The highest BCUT2D eigenvalue weighted by Crippen LogP contribution is 2.18. The highest BCUT2D eigenvalue weighted by atomic mass is 14.6. The molecule has 0 fully saturated rings. The Labute approximate surface area is 106 Å². The van der Waals surface area contributed by atoms with E-state index >= 15 is 0 Å². The van der Waals surface area contributed by atoms with Gasteiger partial charge in [-0.1, -0.05) is 57.4 Å². The summed E-state index contributed by atoms with van der Waals surface area (Å²) in [5, 5.41) is 0. The predicted octanol–water partition coefficient (Wildman–Crippen LogP) is 4.51. The van der Waals surface area contributed by atoms with Gasteiger partial charge in [0, 0.05) is 5.70 Å². The third-order valence-corrected chi connectivity index (χ3v) is 3.32. The number of nitrogens with two attached hydrogens (primary N) is 1. The quantitative estimate of drug-likeness (QED) is 0.716. The summed E-state index contributed by atoms with van der Waals surface area (Å²) in [6, 6.07) is 8.38. The molecule has 0 aliphatic carbocycles. The molecule has 17 heavy (non-hydrogen) atoms. The predicted molar refractivity (Wildman–Crippen MR) is 76.6 cm³/mol. The lowest BCUT2D eigenvalue weighted by molar-refractivity contribution is 0.552. The van der Waals surface area contributed by atoms with E-state index in [0.29, 0.717) is 5.92 Å². The van der Waals surface area contributed by atoms with Crippen molar-refractivity contribution in [3.8, 4) is 0 Å². The van der Waals surface area contributed by atoms with Crippen LogP contribution in [-0.2, 0) is 0 Å². The standard InChI is InChI=1S/C16H25N/c1-4-5-6-10-14(3)16(17)12-15-11-8-7-9-13(15)2/h7-9,11-12,14H,4-6,10,17H2,1-3H3/b16-12-. The van der Waals surface area contributed by atoms with E-state index in [2.05, 4.69) is 51.1 Å². The SMILES string of the molecule is CCCCCC(C)/C(N)=C/c1ccccc1C. The summed E-state index contributed by atoms with van der Waals surface area (Å²) in [4.78, 5) is 0. The number of benzene rings is 1. The molecule has 1 aromatic rings. The van der Waals surface area contributed by atoms with Gasteiger partial charge >= 0.3 is 0 Å². The molecule has 1 aromatic carbocycles. The van der Waals surface area contributed by atoms with Crippen LogP contribution in [-0.4, -0.2) is 0 Å². The van der Waals surface area contributed by atoms with Gasteiger partial charge in [0.1, 0.15) is 0 Å². The zero-order valence-corrected chi connectivity index (χ0v) is 11.4. The van der Waals surface area contributed by atoms with Crippen molar-refractivity contribution < 1.29 is 0 Å². The molecule has 0 spiro atoms. The van der Waals surface area contributed by atoms with E-state index in [0.717, 1.165) is 5.70 Å². The van der Waals surface area contributed by atoms with E-state index in [4.69, 9.17) is 5.73 Å². The van der Waals surface area contributed by atoms with Gasteiger partial charge in [0.25, 0.3) is 0 Å². The van der Waals surface area contributed by atoms with E-state index in [-0.39, 0.29) is 0 Å². The average Bonchev–Trinajstić information content (AvgIpc) is 2.32. The Hall–Kier alpha value is -1.24. The van der Waals surface area contributed by atoms with Gasteiger partial charge in [0.05, 0.1) is 0 Å². The van der Waals surface area contributed by atoms with Crippen LogP contribution in [0, 0.1) is 12.8 Å². The lowest BCUT2D eigenvalue weighted by Gasteiger charge is -2.12. The molecular weight excluding hydrogens is 206 g/mol. The Morgan fingerprint density at radius 1 is 1.29 bits per heavy atom. The number of aryl methyl sites for hydroxylation is 1. The summed E-state index contributed by atoms with van der Waals surface area (Å²) < 4.78 is 0. The maximum absolute atomic E-state index is 6.16. The minimum Gasteiger partial charge on any atom is -0.402 e. The van der Waals surface area contributed by atoms with Crippen molar-refractivity contribution in [2.24, 2.45) is 11.7 Å². The van der Waals surface area contributed by atoms with Crippen LogP contribution in [0.2, 0.25) is 0 Å². The molecule has 0 heterocycles. The van der Waals surface area contributed by atoms with E-state index in [9.17, 15) is 0 Å². The molecule has 0 aromatic heterocycles. The van der Waals surface area contributed by atoms with Gasteiger partial charge in [-0.15, -0.1) is 0 Å². The second-order valence-corrected chi connectivity index (χ2v) is 4.90. The Bertz CT molecular complexity index is 366. The summed E-state index contributed by atoms with van der Waals surface area (Å²) >= 11 is 0. The van der Waals surface area contributed by atoms with Gasteiger partial charge in [-0.25, -0.2) is 0 Å². The number of hydrogen-bond acceptors (Lipinski definition) is 1. The molecule has 0 amide bonds. The highest BCUT2D eigenvalue weighted by Gasteiger charge is 2.05. The summed E-state index contributed by atoms with van der Waals surface area (Å²) in [6.07, 6.45) is 7.18. The van der Waals surface area contributed by atoms with Crippen molar-refractivity contribution in [1.29, 1.82) is 0 Å². The molecule has 1 atom stereocenters. The zero-order chi connectivity index (χ0) is 12.7. The molecule has 0 saturated heterocycles. The molecule has 2 N–H and O–H groups in total. The van der Waals surface area contributed by atoms with Gasteiger partial charge in [0.2, 0.25) is 0 Å². The smallest absolute Gasteiger partial charge is 0.0115 e. The first-order valence-corrected chi connectivity index (χ1v) is 6.67. The first-order valence-electron chi connectivity index (χ1n) is 6.67. The summed E-state index contributed by atoms with van der Waals surface area (Å²) in [5.41, 5.74) is 9.70. The van der Waals surface area contributed by atoms with Crippen LogP contribution >= 0.6 is 0 Å². The van der Waals surface area contributed by atoms with Crippen LogP contribution in [0.1, 0.15) is 50.7 Å². The van der Waals surface area contributed by atoms with Crippen LogP contribution in [0.3, 0.4) is 0 Å². The minimum absolute atomic E-state index is 0.487. The molecule has 1 heteroatoms. The average molecular weight is 231 g/mol. The number of allylic oxidation sites excluding steroid dienone is 1. The summed E-state index contributed by atoms with van der Waals surface area (Å²) in [6.45, 7) is 6.58. The van der Waals surface area contributed by atoms with Crippen LogP contribution in [0.15, 0.2) is 30.0 Å². The van der Waals surface area contributed by atoms with Crippen molar-refractivity contribution in [1.82, 2.24) is 0 Å². The van der Waals surface area contributed by atoms with Crippen LogP contribution < -0.4 is 5.73 Å². The zero-order valence-electron chi connectivity index (χ0n) is 11.4. The van der Waals surface area contributed by atoms with Gasteiger partial charge < -0.3 is 5.73 Å². The maximum Gasteiger partial charge on any atom is 0.0115 e. The van der Waals surface area contributed by atoms with E-state index in [1.54, 1.807) is 0 Å². The largest absolute Gasteiger partial charge is 0.402 e. The highest BCUT2D eigenvalue weighted by molar-refractivity contribution is 5.56. The summed E-state index contributed by atoms with van der Waals surface area (Å²) in [5.74, 6) is 0.487. The van der Waals surface area contributed by atoms with E-state index in [1.807, 2.05) is 0 Å². The van der Waals surface area contributed by atoms with Crippen LogP contribution in [0.5, 0.6) is 0 Å². The van der Waals surface area contributed by atoms with Crippen molar-refractivity contribution >= 4 is 6.08 Å². The Balaban J connectivity index is 2.62.